The molecule has 0 radical (unpaired) electrons. The number of hydrogen-bond donors (Lipinski definition) is 1. The van der Waals surface area contributed by atoms with E-state index in [1.54, 1.807) is 0 Å². The van der Waals surface area contributed by atoms with Gasteiger partial charge in [0, 0.05) is 6.61 Å². The molecule has 1 atom stereocenters. The van der Waals surface area contributed by atoms with Gasteiger partial charge >= 0.3 is 0 Å². The normalized spacial score (nSPS) is 13.4. The highest BCUT2D eigenvalue weighted by molar-refractivity contribution is 4.52. The van der Waals surface area contributed by atoms with E-state index in [1.165, 1.54) is 32.1 Å². The highest BCUT2D eigenvalue weighted by atomic mass is 16.2. The molecule has 0 aliphatic rings. The largest absolute Gasteiger partial charge is 0.396 e. The topological polar surface area (TPSA) is 20.2 Å². The van der Waals surface area contributed by atoms with E-state index in [1.807, 2.05) is 0 Å². The molecule has 0 aromatic carbocycles. The van der Waals surface area contributed by atoms with Gasteiger partial charge in [-0.25, -0.2) is 0 Å². The van der Waals surface area contributed by atoms with Crippen LogP contribution in [0.2, 0.25) is 0 Å². The van der Waals surface area contributed by atoms with Crippen molar-refractivity contribution in [1.29, 1.82) is 0 Å². The molecule has 11 heavy (non-hydrogen) atoms. The summed E-state index contributed by atoms with van der Waals surface area (Å²) < 4.78 is 0. The van der Waals surface area contributed by atoms with Crippen molar-refractivity contribution < 1.29 is 5.11 Å². The van der Waals surface area contributed by atoms with E-state index in [0.29, 0.717) is 6.61 Å². The zero-order valence-electron chi connectivity index (χ0n) is 7.97. The van der Waals surface area contributed by atoms with Crippen LogP contribution in [-0.2, 0) is 0 Å². The number of aliphatic hydroxyl groups is 1. The Kier molecular flexibility index (Phi) is 8.03. The van der Waals surface area contributed by atoms with E-state index in [4.69, 9.17) is 5.11 Å². The smallest absolute Gasteiger partial charge is 0.0431 e. The predicted octanol–water partition coefficient (Wildman–Crippen LogP) is 2.98. The second-order valence-electron chi connectivity index (χ2n) is 3.47. The molecule has 0 spiro atoms. The van der Waals surface area contributed by atoms with E-state index >= 15 is 0 Å². The molecule has 0 aromatic rings. The van der Waals surface area contributed by atoms with Crippen molar-refractivity contribution in [2.45, 2.75) is 52.4 Å². The number of aliphatic hydroxyl groups excluding tert-OH is 1. The minimum absolute atomic E-state index is 0.363. The van der Waals surface area contributed by atoms with Gasteiger partial charge in [0.25, 0.3) is 0 Å². The van der Waals surface area contributed by atoms with Crippen LogP contribution >= 0.6 is 0 Å². The van der Waals surface area contributed by atoms with Gasteiger partial charge in [-0.05, 0) is 12.3 Å². The highest BCUT2D eigenvalue weighted by Crippen LogP contribution is 2.13. The Morgan fingerprint density at radius 1 is 1.09 bits per heavy atom. The molecule has 0 saturated carbocycles. The molecule has 0 aliphatic carbocycles. The average molecular weight is 158 g/mol. The highest BCUT2D eigenvalue weighted by Gasteiger charge is 1.98. The van der Waals surface area contributed by atoms with Gasteiger partial charge in [-0.2, -0.15) is 0 Å². The van der Waals surface area contributed by atoms with Crippen LogP contribution in [0.4, 0.5) is 0 Å². The summed E-state index contributed by atoms with van der Waals surface area (Å²) in [6.07, 6.45) is 7.49. The molecule has 0 aromatic heterocycles. The van der Waals surface area contributed by atoms with Gasteiger partial charge in [0.05, 0.1) is 0 Å². The van der Waals surface area contributed by atoms with E-state index in [0.717, 1.165) is 12.3 Å². The molecule has 0 heterocycles. The average Bonchev–Trinajstić information content (AvgIpc) is 1.99. The Balaban J connectivity index is 2.97. The van der Waals surface area contributed by atoms with Crippen molar-refractivity contribution in [1.82, 2.24) is 0 Å². The third kappa shape index (κ3) is 7.86. The van der Waals surface area contributed by atoms with E-state index in [-0.39, 0.29) is 0 Å². The Morgan fingerprint density at radius 3 is 2.36 bits per heavy atom. The van der Waals surface area contributed by atoms with E-state index in [2.05, 4.69) is 13.8 Å². The quantitative estimate of drug-likeness (QED) is 0.565. The maximum atomic E-state index is 8.53. The van der Waals surface area contributed by atoms with Crippen molar-refractivity contribution in [3.8, 4) is 0 Å². The molecular weight excluding hydrogens is 136 g/mol. The van der Waals surface area contributed by atoms with Gasteiger partial charge < -0.3 is 5.11 Å². The van der Waals surface area contributed by atoms with Crippen LogP contribution in [0.3, 0.4) is 0 Å². The van der Waals surface area contributed by atoms with Crippen LogP contribution < -0.4 is 0 Å². The summed E-state index contributed by atoms with van der Waals surface area (Å²) in [5.41, 5.74) is 0. The number of unbranched alkanes of at least 4 members (excludes halogenated alkanes) is 2. The van der Waals surface area contributed by atoms with Crippen molar-refractivity contribution in [2.75, 3.05) is 6.61 Å². The maximum Gasteiger partial charge on any atom is 0.0431 e. The minimum atomic E-state index is 0.363. The predicted molar refractivity (Wildman–Crippen MR) is 49.6 cm³/mol. The lowest BCUT2D eigenvalue weighted by Crippen LogP contribution is -1.94. The third-order valence-corrected chi connectivity index (χ3v) is 2.14. The SMILES string of the molecule is CCC[C@H](C)CCCCCO. The Bertz CT molecular complexity index is 71.3. The van der Waals surface area contributed by atoms with Crippen LogP contribution in [0, 0.1) is 5.92 Å². The van der Waals surface area contributed by atoms with Crippen molar-refractivity contribution in [3.05, 3.63) is 0 Å². The lowest BCUT2D eigenvalue weighted by atomic mass is 9.99. The first kappa shape index (κ1) is 11.0. The summed E-state index contributed by atoms with van der Waals surface area (Å²) >= 11 is 0. The number of hydrogen-bond acceptors (Lipinski definition) is 1. The summed E-state index contributed by atoms with van der Waals surface area (Å²) in [5.74, 6) is 0.888. The summed E-state index contributed by atoms with van der Waals surface area (Å²) in [6, 6.07) is 0. The first-order valence-corrected chi connectivity index (χ1v) is 4.92. The van der Waals surface area contributed by atoms with Crippen LogP contribution in [0.25, 0.3) is 0 Å². The summed E-state index contributed by atoms with van der Waals surface area (Å²) in [4.78, 5) is 0. The van der Waals surface area contributed by atoms with Gasteiger partial charge in [-0.1, -0.05) is 46.0 Å². The van der Waals surface area contributed by atoms with Crippen molar-refractivity contribution in [3.63, 3.8) is 0 Å². The van der Waals surface area contributed by atoms with E-state index < -0.39 is 0 Å². The van der Waals surface area contributed by atoms with E-state index in [9.17, 15) is 0 Å². The van der Waals surface area contributed by atoms with Gasteiger partial charge in [0.2, 0.25) is 0 Å². The fraction of sp³-hybridized carbons (Fsp3) is 1.00. The van der Waals surface area contributed by atoms with Gasteiger partial charge in [-0.15, -0.1) is 0 Å². The fourth-order valence-corrected chi connectivity index (χ4v) is 1.42. The Labute approximate surface area is 70.8 Å². The lowest BCUT2D eigenvalue weighted by Gasteiger charge is -2.08. The molecule has 68 valence electrons. The molecule has 0 bridgehead atoms. The summed E-state index contributed by atoms with van der Waals surface area (Å²) in [7, 11) is 0. The molecule has 0 saturated heterocycles. The van der Waals surface area contributed by atoms with Crippen LogP contribution in [0.15, 0.2) is 0 Å². The third-order valence-electron chi connectivity index (χ3n) is 2.14. The first-order chi connectivity index (χ1) is 5.31. The van der Waals surface area contributed by atoms with Crippen LogP contribution in [0.1, 0.15) is 52.4 Å². The second-order valence-corrected chi connectivity index (χ2v) is 3.47. The maximum absolute atomic E-state index is 8.53. The molecule has 0 aliphatic heterocycles. The molecule has 1 heteroatoms. The summed E-state index contributed by atoms with van der Waals surface area (Å²) in [6.45, 7) is 4.93. The molecule has 0 rings (SSSR count). The first-order valence-electron chi connectivity index (χ1n) is 4.92. The lowest BCUT2D eigenvalue weighted by molar-refractivity contribution is 0.280. The van der Waals surface area contributed by atoms with Gasteiger partial charge in [0.15, 0.2) is 0 Å². The van der Waals surface area contributed by atoms with Crippen molar-refractivity contribution >= 4 is 0 Å². The standard InChI is InChI=1S/C10H22O/c1-3-7-10(2)8-5-4-6-9-11/h10-11H,3-9H2,1-2H3/t10-/m0/s1. The zero-order valence-corrected chi connectivity index (χ0v) is 7.97. The fourth-order valence-electron chi connectivity index (χ4n) is 1.42. The molecule has 1 N–H and O–H groups in total. The molecule has 0 amide bonds. The second kappa shape index (κ2) is 8.06. The molecule has 0 unspecified atom stereocenters. The Hall–Kier alpha value is -0.0400. The van der Waals surface area contributed by atoms with Crippen molar-refractivity contribution in [2.24, 2.45) is 5.92 Å². The molecule has 0 fully saturated rings. The zero-order chi connectivity index (χ0) is 8.53. The van der Waals surface area contributed by atoms with Crippen LogP contribution in [0.5, 0.6) is 0 Å². The van der Waals surface area contributed by atoms with Gasteiger partial charge in [-0.3, -0.25) is 0 Å². The molecule has 1 nitrogen and oxygen atoms in total. The monoisotopic (exact) mass is 158 g/mol. The Morgan fingerprint density at radius 2 is 1.82 bits per heavy atom. The summed E-state index contributed by atoms with van der Waals surface area (Å²) in [5, 5.41) is 8.53. The van der Waals surface area contributed by atoms with Gasteiger partial charge in [0.1, 0.15) is 0 Å². The van der Waals surface area contributed by atoms with Crippen LogP contribution in [-0.4, -0.2) is 11.7 Å². The number of rotatable bonds is 7. The minimum Gasteiger partial charge on any atom is -0.396 e. The molecular formula is C10H22O.